The number of hydrogen-bond donors (Lipinski definition) is 2. The first kappa shape index (κ1) is 12.9. The maximum atomic E-state index is 13.1. The fourth-order valence-electron chi connectivity index (χ4n) is 1.73. The summed E-state index contributed by atoms with van der Waals surface area (Å²) in [6.07, 6.45) is -0.434. The van der Waals surface area contributed by atoms with Gasteiger partial charge in [0, 0.05) is 25.3 Å². The van der Waals surface area contributed by atoms with Gasteiger partial charge >= 0.3 is 0 Å². The van der Waals surface area contributed by atoms with Crippen LogP contribution in [0.25, 0.3) is 0 Å². The van der Waals surface area contributed by atoms with Crippen molar-refractivity contribution in [2.24, 2.45) is 5.73 Å². The van der Waals surface area contributed by atoms with Crippen molar-refractivity contribution in [3.05, 3.63) is 29.6 Å². The van der Waals surface area contributed by atoms with Crippen LogP contribution in [0.15, 0.2) is 18.2 Å². The second-order valence-corrected chi connectivity index (χ2v) is 4.22. The van der Waals surface area contributed by atoms with E-state index in [1.54, 1.807) is 13.0 Å². The number of anilines is 1. The predicted octanol–water partition coefficient (Wildman–Crippen LogP) is 1.66. The molecule has 0 bridgehead atoms. The summed E-state index contributed by atoms with van der Waals surface area (Å²) in [5.41, 5.74) is 7.41. The predicted molar refractivity (Wildman–Crippen MR) is 64.0 cm³/mol. The van der Waals surface area contributed by atoms with Gasteiger partial charge in [0.2, 0.25) is 0 Å². The highest BCUT2D eigenvalue weighted by Crippen LogP contribution is 2.25. The van der Waals surface area contributed by atoms with Crippen molar-refractivity contribution in [1.82, 2.24) is 0 Å². The van der Waals surface area contributed by atoms with Crippen LogP contribution in [0.1, 0.15) is 25.5 Å². The molecule has 3 nitrogen and oxygen atoms in total. The summed E-state index contributed by atoms with van der Waals surface area (Å²) in [5.74, 6) is -0.290. The Balaban J connectivity index is 3.02. The first-order valence-electron chi connectivity index (χ1n) is 5.36. The van der Waals surface area contributed by atoms with Gasteiger partial charge in [-0.2, -0.15) is 0 Å². The topological polar surface area (TPSA) is 49.5 Å². The number of nitrogens with zero attached hydrogens (tertiary/aromatic N) is 1. The van der Waals surface area contributed by atoms with Gasteiger partial charge in [-0.15, -0.1) is 0 Å². The third-order valence-corrected chi connectivity index (χ3v) is 2.43. The smallest absolute Gasteiger partial charge is 0.123 e. The Morgan fingerprint density at radius 3 is 2.56 bits per heavy atom. The van der Waals surface area contributed by atoms with Crippen LogP contribution in [0.4, 0.5) is 10.1 Å². The zero-order chi connectivity index (χ0) is 12.3. The van der Waals surface area contributed by atoms with Crippen molar-refractivity contribution in [3.63, 3.8) is 0 Å². The van der Waals surface area contributed by atoms with E-state index >= 15 is 0 Å². The van der Waals surface area contributed by atoms with Gasteiger partial charge in [0.25, 0.3) is 0 Å². The molecular weight excluding hydrogens is 207 g/mol. The molecule has 1 rings (SSSR count). The summed E-state index contributed by atoms with van der Waals surface area (Å²) in [7, 11) is 1.85. The minimum atomic E-state index is -0.434. The molecule has 0 aliphatic carbocycles. The standard InChI is InChI=1S/C12H19FN2O/c1-8(16)7-15(3)12-5-4-10(13)6-11(12)9(2)14/h4-6,8-9,16H,7,14H2,1-3H3/t8?,9-/m1/s1. The van der Waals surface area contributed by atoms with E-state index in [1.165, 1.54) is 12.1 Å². The fourth-order valence-corrected chi connectivity index (χ4v) is 1.73. The van der Waals surface area contributed by atoms with Gasteiger partial charge in [-0.25, -0.2) is 4.39 Å². The van der Waals surface area contributed by atoms with Crippen molar-refractivity contribution in [2.75, 3.05) is 18.5 Å². The van der Waals surface area contributed by atoms with Gasteiger partial charge in [0.05, 0.1) is 6.10 Å². The van der Waals surface area contributed by atoms with Gasteiger partial charge in [0.1, 0.15) is 5.82 Å². The molecule has 4 heteroatoms. The van der Waals surface area contributed by atoms with Crippen molar-refractivity contribution in [3.8, 4) is 0 Å². The highest BCUT2D eigenvalue weighted by atomic mass is 19.1. The molecule has 0 spiro atoms. The number of rotatable bonds is 4. The van der Waals surface area contributed by atoms with Crippen molar-refractivity contribution < 1.29 is 9.50 Å². The van der Waals surface area contributed by atoms with Crippen molar-refractivity contribution in [2.45, 2.75) is 26.0 Å². The zero-order valence-corrected chi connectivity index (χ0v) is 9.94. The average Bonchev–Trinajstić information content (AvgIpc) is 2.16. The van der Waals surface area contributed by atoms with Crippen LogP contribution in [-0.2, 0) is 0 Å². The van der Waals surface area contributed by atoms with Gasteiger partial charge in [-0.05, 0) is 37.6 Å². The molecule has 0 aromatic heterocycles. The van der Waals surface area contributed by atoms with Crippen LogP contribution in [-0.4, -0.2) is 24.8 Å². The molecule has 3 N–H and O–H groups in total. The molecule has 2 atom stereocenters. The van der Waals surface area contributed by atoms with E-state index in [4.69, 9.17) is 5.73 Å². The van der Waals surface area contributed by atoms with Crippen LogP contribution < -0.4 is 10.6 Å². The van der Waals surface area contributed by atoms with Gasteiger partial charge in [0.15, 0.2) is 0 Å². The van der Waals surface area contributed by atoms with E-state index in [2.05, 4.69) is 0 Å². The van der Waals surface area contributed by atoms with E-state index in [1.807, 2.05) is 18.9 Å². The highest BCUT2D eigenvalue weighted by molar-refractivity contribution is 5.54. The Labute approximate surface area is 95.7 Å². The highest BCUT2D eigenvalue weighted by Gasteiger charge is 2.13. The first-order chi connectivity index (χ1) is 7.41. The van der Waals surface area contributed by atoms with E-state index < -0.39 is 6.10 Å². The summed E-state index contributed by atoms with van der Waals surface area (Å²) in [6.45, 7) is 4.02. The third-order valence-electron chi connectivity index (χ3n) is 2.43. The maximum absolute atomic E-state index is 13.1. The lowest BCUT2D eigenvalue weighted by Gasteiger charge is -2.25. The Hall–Kier alpha value is -1.13. The lowest BCUT2D eigenvalue weighted by atomic mass is 10.1. The Morgan fingerprint density at radius 1 is 1.44 bits per heavy atom. The lowest BCUT2D eigenvalue weighted by molar-refractivity contribution is 0.201. The van der Waals surface area contributed by atoms with Crippen LogP contribution in [0.3, 0.4) is 0 Å². The Kier molecular flexibility index (Phi) is 4.26. The average molecular weight is 226 g/mol. The first-order valence-corrected chi connectivity index (χ1v) is 5.36. The van der Waals surface area contributed by atoms with Gasteiger partial charge in [-0.3, -0.25) is 0 Å². The monoisotopic (exact) mass is 226 g/mol. The van der Waals surface area contributed by atoms with E-state index in [9.17, 15) is 9.50 Å². The summed E-state index contributed by atoms with van der Waals surface area (Å²) in [5, 5.41) is 9.32. The molecule has 0 amide bonds. The Bertz CT molecular complexity index is 353. The minimum absolute atomic E-state index is 0.234. The van der Waals surface area contributed by atoms with Gasteiger partial charge < -0.3 is 15.7 Å². The van der Waals surface area contributed by atoms with Crippen molar-refractivity contribution in [1.29, 1.82) is 0 Å². The van der Waals surface area contributed by atoms with Crippen LogP contribution in [0, 0.1) is 5.82 Å². The largest absolute Gasteiger partial charge is 0.392 e. The maximum Gasteiger partial charge on any atom is 0.123 e. The van der Waals surface area contributed by atoms with E-state index in [-0.39, 0.29) is 11.9 Å². The third kappa shape index (κ3) is 3.18. The minimum Gasteiger partial charge on any atom is -0.392 e. The summed E-state index contributed by atoms with van der Waals surface area (Å²) < 4.78 is 13.1. The number of aliphatic hydroxyl groups excluding tert-OH is 1. The molecule has 0 radical (unpaired) electrons. The number of likely N-dealkylation sites (N-methyl/N-ethyl adjacent to an activating group) is 1. The zero-order valence-electron chi connectivity index (χ0n) is 9.94. The quantitative estimate of drug-likeness (QED) is 0.821. The van der Waals surface area contributed by atoms with Crippen LogP contribution >= 0.6 is 0 Å². The second kappa shape index (κ2) is 5.27. The fraction of sp³-hybridized carbons (Fsp3) is 0.500. The molecule has 1 unspecified atom stereocenters. The summed E-state index contributed by atoms with van der Waals surface area (Å²) >= 11 is 0. The molecule has 1 aromatic carbocycles. The molecular formula is C12H19FN2O. The number of halogens is 1. The normalized spacial score (nSPS) is 14.6. The molecule has 0 fully saturated rings. The molecule has 90 valence electrons. The molecule has 1 aromatic rings. The second-order valence-electron chi connectivity index (χ2n) is 4.22. The molecule has 0 saturated heterocycles. The van der Waals surface area contributed by atoms with E-state index in [0.29, 0.717) is 6.54 Å². The van der Waals surface area contributed by atoms with Crippen molar-refractivity contribution >= 4 is 5.69 Å². The number of aliphatic hydroxyl groups is 1. The number of nitrogens with two attached hydrogens (primary N) is 1. The number of hydrogen-bond acceptors (Lipinski definition) is 3. The Morgan fingerprint density at radius 2 is 2.06 bits per heavy atom. The van der Waals surface area contributed by atoms with Crippen LogP contribution in [0.5, 0.6) is 0 Å². The van der Waals surface area contributed by atoms with Crippen LogP contribution in [0.2, 0.25) is 0 Å². The lowest BCUT2D eigenvalue weighted by Crippen LogP contribution is -2.28. The van der Waals surface area contributed by atoms with Gasteiger partial charge in [-0.1, -0.05) is 0 Å². The molecule has 16 heavy (non-hydrogen) atoms. The molecule has 0 saturated carbocycles. The molecule has 0 aliphatic rings. The summed E-state index contributed by atoms with van der Waals surface area (Å²) in [4.78, 5) is 1.88. The van der Waals surface area contributed by atoms with E-state index in [0.717, 1.165) is 11.3 Å². The molecule has 0 heterocycles. The SMILES string of the molecule is CC(O)CN(C)c1ccc(F)cc1[C@@H](C)N. The molecule has 0 aliphatic heterocycles. The summed E-state index contributed by atoms with van der Waals surface area (Å²) in [6, 6.07) is 4.30. The number of benzene rings is 1.